The molecule has 0 bridgehead atoms. The number of morpholine rings is 1. The van der Waals surface area contributed by atoms with Crippen LogP contribution in [0.5, 0.6) is 5.75 Å². The van der Waals surface area contributed by atoms with Crippen molar-refractivity contribution < 1.29 is 9.47 Å². The Labute approximate surface area is 214 Å². The van der Waals surface area contributed by atoms with Crippen molar-refractivity contribution in [2.24, 2.45) is 0 Å². The Morgan fingerprint density at radius 2 is 1.94 bits per heavy atom. The molecule has 0 amide bonds. The van der Waals surface area contributed by atoms with E-state index in [0.29, 0.717) is 17.2 Å². The molecule has 1 aliphatic rings. The number of hydrogen-bond acceptors (Lipinski definition) is 6. The third-order valence-corrected chi connectivity index (χ3v) is 7.01. The van der Waals surface area contributed by atoms with Gasteiger partial charge in [0, 0.05) is 37.8 Å². The number of hydrogen-bond donors (Lipinski definition) is 2. The third kappa shape index (κ3) is 8.45. The molecule has 194 valence electrons. The molecule has 1 aliphatic heterocycles. The molecule has 0 radical (unpaired) electrons. The monoisotopic (exact) mass is 503 g/mol. The normalized spacial score (nSPS) is 14.4. The minimum atomic E-state index is -0.0883. The van der Waals surface area contributed by atoms with E-state index in [4.69, 9.17) is 21.7 Å². The number of benzene rings is 1. The minimum Gasteiger partial charge on any atom is -0.497 e. The number of rotatable bonds is 13. The average molecular weight is 504 g/mol. The Bertz CT molecular complexity index is 989. The van der Waals surface area contributed by atoms with Gasteiger partial charge in [-0.1, -0.05) is 13.8 Å². The molecule has 1 fully saturated rings. The molecule has 1 aromatic carbocycles. The first-order valence-electron chi connectivity index (χ1n) is 12.8. The maximum atomic E-state index is 12.9. The van der Waals surface area contributed by atoms with Crippen molar-refractivity contribution in [3.05, 3.63) is 40.2 Å². The van der Waals surface area contributed by atoms with Gasteiger partial charge in [0.1, 0.15) is 5.75 Å². The van der Waals surface area contributed by atoms with Crippen LogP contribution in [0.3, 0.4) is 0 Å². The summed E-state index contributed by atoms with van der Waals surface area (Å²) in [6.45, 7) is 14.2. The van der Waals surface area contributed by atoms with Crippen LogP contribution in [-0.2, 0) is 11.3 Å². The van der Waals surface area contributed by atoms with Gasteiger partial charge >= 0.3 is 0 Å². The molecule has 35 heavy (non-hydrogen) atoms. The fraction of sp³-hybridized carbons (Fsp3) is 0.615. The molecule has 1 saturated heterocycles. The smallest absolute Gasteiger partial charge is 0.253 e. The molecule has 9 heteroatoms. The number of aromatic amines is 1. The number of aromatic nitrogens is 1. The van der Waals surface area contributed by atoms with E-state index in [1.807, 2.05) is 24.3 Å². The second-order valence-electron chi connectivity index (χ2n) is 8.92. The Morgan fingerprint density at radius 1 is 1.17 bits per heavy atom. The summed E-state index contributed by atoms with van der Waals surface area (Å²) >= 11 is 5.79. The number of nitrogens with zero attached hydrogens (tertiary/aromatic N) is 3. The minimum absolute atomic E-state index is 0.0883. The molecule has 3 rings (SSSR count). The van der Waals surface area contributed by atoms with E-state index in [2.05, 4.69) is 38.8 Å². The van der Waals surface area contributed by atoms with Gasteiger partial charge in [-0.3, -0.25) is 9.69 Å². The Morgan fingerprint density at radius 3 is 2.66 bits per heavy atom. The number of H-pyrrole nitrogens is 1. The van der Waals surface area contributed by atoms with Crippen molar-refractivity contribution in [1.29, 1.82) is 0 Å². The topological polar surface area (TPSA) is 73.1 Å². The van der Waals surface area contributed by atoms with Crippen molar-refractivity contribution in [1.82, 2.24) is 25.0 Å². The quantitative estimate of drug-likeness (QED) is 0.319. The number of pyridine rings is 1. The van der Waals surface area contributed by atoms with Gasteiger partial charge in [-0.05, 0) is 74.8 Å². The number of methoxy groups -OCH3 is 1. The lowest BCUT2D eigenvalue weighted by Gasteiger charge is -2.28. The average Bonchev–Trinajstić information content (AvgIpc) is 2.88. The highest BCUT2D eigenvalue weighted by molar-refractivity contribution is 7.80. The molecule has 0 atom stereocenters. The lowest BCUT2D eigenvalue weighted by atomic mass is 10.1. The zero-order valence-electron chi connectivity index (χ0n) is 21.5. The van der Waals surface area contributed by atoms with Gasteiger partial charge in [-0.15, -0.1) is 0 Å². The van der Waals surface area contributed by atoms with E-state index < -0.39 is 0 Å². The molecule has 2 heterocycles. The molecule has 8 nitrogen and oxygen atoms in total. The number of nitrogens with one attached hydrogen (secondary N) is 2. The van der Waals surface area contributed by atoms with Crippen LogP contribution in [0.15, 0.2) is 29.1 Å². The molecule has 0 spiro atoms. The maximum absolute atomic E-state index is 12.9. The van der Waals surface area contributed by atoms with Gasteiger partial charge in [0.15, 0.2) is 5.11 Å². The summed E-state index contributed by atoms with van der Waals surface area (Å²) in [5, 5.41) is 5.13. The van der Waals surface area contributed by atoms with E-state index in [1.54, 1.807) is 7.11 Å². The largest absolute Gasteiger partial charge is 0.497 e. The lowest BCUT2D eigenvalue weighted by Crippen LogP contribution is -2.43. The molecule has 2 N–H and O–H groups in total. The highest BCUT2D eigenvalue weighted by Crippen LogP contribution is 2.19. The van der Waals surface area contributed by atoms with Gasteiger partial charge in [0.2, 0.25) is 0 Å². The SMILES string of the molecule is CCN(CC)CCCN(Cc1cc2ccc(OC)cc2[nH]c1=O)C(=S)NCCCN1CCOCC1. The van der Waals surface area contributed by atoms with Crippen molar-refractivity contribution in [3.63, 3.8) is 0 Å². The summed E-state index contributed by atoms with van der Waals surface area (Å²) in [5.41, 5.74) is 1.40. The zero-order valence-corrected chi connectivity index (χ0v) is 22.3. The van der Waals surface area contributed by atoms with Crippen molar-refractivity contribution >= 4 is 28.2 Å². The van der Waals surface area contributed by atoms with Crippen LogP contribution in [0, 0.1) is 0 Å². The van der Waals surface area contributed by atoms with E-state index in [0.717, 1.165) is 95.1 Å². The van der Waals surface area contributed by atoms with Crippen LogP contribution in [0.1, 0.15) is 32.3 Å². The van der Waals surface area contributed by atoms with Gasteiger partial charge in [-0.2, -0.15) is 0 Å². The van der Waals surface area contributed by atoms with Gasteiger partial charge in [0.25, 0.3) is 5.56 Å². The first-order chi connectivity index (χ1) is 17.0. The summed E-state index contributed by atoms with van der Waals surface area (Å²) < 4.78 is 10.7. The van der Waals surface area contributed by atoms with E-state index in [9.17, 15) is 4.79 Å². The van der Waals surface area contributed by atoms with E-state index in [1.165, 1.54) is 0 Å². The second kappa shape index (κ2) is 14.4. The second-order valence-corrected chi connectivity index (χ2v) is 9.31. The lowest BCUT2D eigenvalue weighted by molar-refractivity contribution is 0.0376. The van der Waals surface area contributed by atoms with Crippen molar-refractivity contribution in [3.8, 4) is 5.75 Å². The van der Waals surface area contributed by atoms with E-state index in [-0.39, 0.29) is 5.56 Å². The predicted molar refractivity (Wildman–Crippen MR) is 146 cm³/mol. The van der Waals surface area contributed by atoms with Crippen LogP contribution in [-0.4, -0.2) is 97.5 Å². The Balaban J connectivity index is 1.64. The molecule has 0 aliphatic carbocycles. The van der Waals surface area contributed by atoms with Crippen LogP contribution >= 0.6 is 12.2 Å². The summed E-state index contributed by atoms with van der Waals surface area (Å²) in [5.74, 6) is 0.724. The highest BCUT2D eigenvalue weighted by atomic mass is 32.1. The fourth-order valence-electron chi connectivity index (χ4n) is 4.39. The van der Waals surface area contributed by atoms with Gasteiger partial charge in [-0.25, -0.2) is 0 Å². The summed E-state index contributed by atoms with van der Waals surface area (Å²) in [6, 6.07) is 7.70. The zero-order chi connectivity index (χ0) is 25.0. The standard InChI is InChI=1S/C26H41N5O3S/c1-4-29(5-2)12-7-13-31(26(35)27-10-6-11-30-14-16-34-17-15-30)20-22-18-21-8-9-23(33-3)19-24(21)28-25(22)32/h8-9,18-19H,4-7,10-17,20H2,1-3H3,(H,27,35)(H,28,32). The predicted octanol–water partition coefficient (Wildman–Crippen LogP) is 2.67. The number of ether oxygens (including phenoxy) is 2. The molecular formula is C26H41N5O3S. The van der Waals surface area contributed by atoms with Gasteiger partial charge < -0.3 is 29.6 Å². The fourth-order valence-corrected chi connectivity index (χ4v) is 4.65. The number of thiocarbonyl (C=S) groups is 1. The molecular weight excluding hydrogens is 462 g/mol. The summed E-state index contributed by atoms with van der Waals surface area (Å²) in [4.78, 5) is 22.9. The van der Waals surface area contributed by atoms with Crippen molar-refractivity contribution in [2.75, 3.05) is 72.7 Å². The Hall–Kier alpha value is -2.20. The maximum Gasteiger partial charge on any atom is 0.253 e. The van der Waals surface area contributed by atoms with E-state index >= 15 is 0 Å². The molecule has 2 aromatic rings. The van der Waals surface area contributed by atoms with Crippen LogP contribution in [0.2, 0.25) is 0 Å². The number of fused-ring (bicyclic) bond motifs is 1. The summed E-state index contributed by atoms with van der Waals surface area (Å²) in [7, 11) is 1.62. The Kier molecular flexibility index (Phi) is 11.3. The summed E-state index contributed by atoms with van der Waals surface area (Å²) in [6.07, 6.45) is 2.01. The van der Waals surface area contributed by atoms with Gasteiger partial charge in [0.05, 0.1) is 32.4 Å². The first kappa shape index (κ1) is 27.4. The third-order valence-electron chi connectivity index (χ3n) is 6.61. The highest BCUT2D eigenvalue weighted by Gasteiger charge is 2.15. The van der Waals surface area contributed by atoms with Crippen LogP contribution < -0.4 is 15.6 Å². The first-order valence-corrected chi connectivity index (χ1v) is 13.2. The van der Waals surface area contributed by atoms with Crippen molar-refractivity contribution in [2.45, 2.75) is 33.2 Å². The molecule has 0 unspecified atom stereocenters. The molecule has 0 saturated carbocycles. The van der Waals surface area contributed by atoms with Crippen LogP contribution in [0.4, 0.5) is 0 Å². The molecule has 1 aromatic heterocycles. The van der Waals surface area contributed by atoms with Crippen LogP contribution in [0.25, 0.3) is 10.9 Å².